The van der Waals surface area contributed by atoms with Crippen LogP contribution in [0.4, 0.5) is 5.69 Å². The zero-order valence-corrected chi connectivity index (χ0v) is 24.3. The highest BCUT2D eigenvalue weighted by Crippen LogP contribution is 2.30. The van der Waals surface area contributed by atoms with Gasteiger partial charge in [0.15, 0.2) is 0 Å². The summed E-state index contributed by atoms with van der Waals surface area (Å²) in [5.41, 5.74) is 3.75. The Hall–Kier alpha value is -3.56. The van der Waals surface area contributed by atoms with Crippen molar-refractivity contribution in [3.05, 3.63) is 89.7 Å². The Morgan fingerprint density at radius 3 is 2.02 bits per heavy atom. The lowest BCUT2D eigenvalue weighted by molar-refractivity contribution is -0.128. The number of sulfonamides is 1. The van der Waals surface area contributed by atoms with Crippen LogP contribution in [0.1, 0.15) is 69.1 Å². The van der Waals surface area contributed by atoms with Gasteiger partial charge < -0.3 is 10.6 Å². The van der Waals surface area contributed by atoms with Gasteiger partial charge in [-0.2, -0.15) is 4.31 Å². The van der Waals surface area contributed by atoms with Crippen LogP contribution in [0.5, 0.6) is 0 Å². The van der Waals surface area contributed by atoms with Crippen molar-refractivity contribution in [1.82, 2.24) is 14.6 Å². The van der Waals surface area contributed by atoms with Crippen molar-refractivity contribution in [2.45, 2.75) is 69.9 Å². The first kappa shape index (κ1) is 29.4. The molecule has 2 aromatic carbocycles. The first-order chi connectivity index (χ1) is 19.1. The van der Waals surface area contributed by atoms with E-state index >= 15 is 0 Å². The van der Waals surface area contributed by atoms with E-state index in [0.717, 1.165) is 11.1 Å². The third-order valence-corrected chi connectivity index (χ3v) is 9.36. The lowest BCUT2D eigenvalue weighted by Crippen LogP contribution is -2.54. The summed E-state index contributed by atoms with van der Waals surface area (Å²) in [7, 11) is -3.97. The summed E-state index contributed by atoms with van der Waals surface area (Å²) in [5.74, 6) is -0.527. The second-order valence-electron chi connectivity index (χ2n) is 10.9. The van der Waals surface area contributed by atoms with E-state index in [-0.39, 0.29) is 36.2 Å². The maximum atomic E-state index is 13.8. The average Bonchev–Trinajstić information content (AvgIpc) is 2.96. The summed E-state index contributed by atoms with van der Waals surface area (Å²) >= 11 is 0. The number of nitrogens with one attached hydrogen (secondary N) is 2. The summed E-state index contributed by atoms with van der Waals surface area (Å²) in [6.45, 7) is 8.64. The maximum Gasteiger partial charge on any atom is 0.243 e. The molecule has 40 heavy (non-hydrogen) atoms. The van der Waals surface area contributed by atoms with Gasteiger partial charge in [-0.15, -0.1) is 0 Å². The summed E-state index contributed by atoms with van der Waals surface area (Å²) in [5, 5.41) is 5.79. The number of anilines is 1. The zero-order valence-electron chi connectivity index (χ0n) is 23.5. The van der Waals surface area contributed by atoms with Gasteiger partial charge in [-0.25, -0.2) is 8.42 Å². The molecule has 2 amide bonds. The average molecular weight is 563 g/mol. The number of carbonyl (C=O) groups is 2. The molecule has 1 fully saturated rings. The Kier molecular flexibility index (Phi) is 9.37. The fourth-order valence-electron chi connectivity index (χ4n) is 4.87. The highest BCUT2D eigenvalue weighted by Gasteiger charge is 2.42. The first-order valence-corrected chi connectivity index (χ1v) is 15.2. The third kappa shape index (κ3) is 6.95. The summed E-state index contributed by atoms with van der Waals surface area (Å²) in [6, 6.07) is 17.2. The Morgan fingerprint density at radius 2 is 1.45 bits per heavy atom. The van der Waals surface area contributed by atoms with Crippen LogP contribution in [0.3, 0.4) is 0 Å². The molecule has 0 radical (unpaired) electrons. The molecule has 1 saturated heterocycles. The summed E-state index contributed by atoms with van der Waals surface area (Å²) in [6.07, 6.45) is 3.55. The van der Waals surface area contributed by atoms with Crippen LogP contribution >= 0.6 is 0 Å². The third-order valence-electron chi connectivity index (χ3n) is 7.44. The van der Waals surface area contributed by atoms with Gasteiger partial charge in [0.2, 0.25) is 21.8 Å². The van der Waals surface area contributed by atoms with E-state index in [1.807, 2.05) is 50.2 Å². The first-order valence-electron chi connectivity index (χ1n) is 13.8. The van der Waals surface area contributed by atoms with Crippen LogP contribution in [0.2, 0.25) is 0 Å². The molecule has 0 unspecified atom stereocenters. The molecule has 4 rings (SSSR count). The topological polar surface area (TPSA) is 108 Å². The number of piperidine rings is 1. The fraction of sp³-hybridized carbons (Fsp3) is 0.387. The highest BCUT2D eigenvalue weighted by atomic mass is 32.2. The van der Waals surface area contributed by atoms with Gasteiger partial charge in [0.25, 0.3) is 0 Å². The van der Waals surface area contributed by atoms with Gasteiger partial charge in [0.05, 0.1) is 4.90 Å². The van der Waals surface area contributed by atoms with Crippen molar-refractivity contribution in [3.63, 3.8) is 0 Å². The van der Waals surface area contributed by atoms with Crippen molar-refractivity contribution in [1.29, 1.82) is 0 Å². The van der Waals surface area contributed by atoms with Crippen LogP contribution < -0.4 is 10.6 Å². The van der Waals surface area contributed by atoms with Crippen LogP contribution in [0, 0.1) is 5.92 Å². The molecule has 0 saturated carbocycles. The van der Waals surface area contributed by atoms with Gasteiger partial charge in [0.1, 0.15) is 6.04 Å². The predicted octanol–water partition coefficient (Wildman–Crippen LogP) is 5.05. The molecule has 0 bridgehead atoms. The van der Waals surface area contributed by atoms with E-state index in [4.69, 9.17) is 0 Å². The van der Waals surface area contributed by atoms with Crippen molar-refractivity contribution >= 4 is 27.5 Å². The number of pyridine rings is 1. The molecule has 2 atom stereocenters. The van der Waals surface area contributed by atoms with Gasteiger partial charge >= 0.3 is 0 Å². The smallest absolute Gasteiger partial charge is 0.243 e. The molecular formula is C31H38N4O4S. The number of benzene rings is 2. The van der Waals surface area contributed by atoms with E-state index in [1.54, 1.807) is 36.7 Å². The molecule has 2 heterocycles. The van der Waals surface area contributed by atoms with E-state index in [0.29, 0.717) is 18.0 Å². The minimum atomic E-state index is -3.97. The van der Waals surface area contributed by atoms with Crippen molar-refractivity contribution in [2.75, 3.05) is 11.9 Å². The van der Waals surface area contributed by atoms with E-state index in [1.165, 1.54) is 9.87 Å². The molecule has 212 valence electrons. The quantitative estimate of drug-likeness (QED) is 0.379. The number of carbonyl (C=O) groups excluding carboxylic acids is 2. The van der Waals surface area contributed by atoms with Crippen LogP contribution in [-0.2, 0) is 26.2 Å². The number of aromatic nitrogens is 1. The number of amides is 2. The molecule has 0 aliphatic carbocycles. The van der Waals surface area contributed by atoms with E-state index in [9.17, 15) is 18.0 Å². The standard InChI is InChI=1S/C31H38N4O4S/c1-21(2)24-7-5-23(6-8-24)20-33-31(37)29-19-26(30(36)34-27-13-16-32-17-14-27)15-18-35(29)40(38,39)28-11-9-25(10-12-28)22(3)4/h5-14,16-17,21-22,26,29H,15,18-20H2,1-4H3,(H,33,37)(H,32,34,36)/t26-,29-/m1/s1. The minimum absolute atomic E-state index is 0.0594. The second kappa shape index (κ2) is 12.7. The predicted molar refractivity (Wildman–Crippen MR) is 156 cm³/mol. The van der Waals surface area contributed by atoms with E-state index in [2.05, 4.69) is 29.5 Å². The molecule has 1 aliphatic heterocycles. The molecular weight excluding hydrogens is 524 g/mol. The number of rotatable bonds is 9. The molecule has 0 spiro atoms. The van der Waals surface area contributed by atoms with Gasteiger partial charge in [-0.1, -0.05) is 64.1 Å². The SMILES string of the molecule is CC(C)c1ccc(CNC(=O)[C@H]2C[C@H](C(=O)Nc3ccncc3)CCN2S(=O)(=O)c2ccc(C(C)C)cc2)cc1. The molecule has 1 aliphatic rings. The van der Waals surface area contributed by atoms with Gasteiger partial charge in [0, 0.05) is 37.1 Å². The molecule has 8 nitrogen and oxygen atoms in total. The highest BCUT2D eigenvalue weighted by molar-refractivity contribution is 7.89. The second-order valence-corrected chi connectivity index (χ2v) is 12.8. The van der Waals surface area contributed by atoms with Gasteiger partial charge in [-0.3, -0.25) is 14.6 Å². The van der Waals surface area contributed by atoms with E-state index < -0.39 is 27.9 Å². The molecule has 3 aromatic rings. The van der Waals surface area contributed by atoms with Crippen molar-refractivity contribution in [2.24, 2.45) is 5.92 Å². The fourth-order valence-corrected chi connectivity index (χ4v) is 6.49. The van der Waals surface area contributed by atoms with Crippen molar-refractivity contribution < 1.29 is 18.0 Å². The zero-order chi connectivity index (χ0) is 28.9. The molecule has 9 heteroatoms. The van der Waals surface area contributed by atoms with Crippen LogP contribution in [0.25, 0.3) is 0 Å². The molecule has 1 aromatic heterocycles. The number of hydrogen-bond acceptors (Lipinski definition) is 5. The largest absolute Gasteiger partial charge is 0.351 e. The Labute approximate surface area is 237 Å². The maximum absolute atomic E-state index is 13.8. The Morgan fingerprint density at radius 1 is 0.875 bits per heavy atom. The number of nitrogens with zero attached hydrogens (tertiary/aromatic N) is 2. The number of hydrogen-bond donors (Lipinski definition) is 2. The normalized spacial score (nSPS) is 18.1. The monoisotopic (exact) mass is 562 g/mol. The Bertz CT molecular complexity index is 1410. The van der Waals surface area contributed by atoms with Crippen LogP contribution in [-0.4, -0.2) is 42.1 Å². The minimum Gasteiger partial charge on any atom is -0.351 e. The lowest BCUT2D eigenvalue weighted by atomic mass is 9.91. The molecule has 2 N–H and O–H groups in total. The van der Waals surface area contributed by atoms with Gasteiger partial charge in [-0.05, 0) is 65.6 Å². The van der Waals surface area contributed by atoms with Crippen molar-refractivity contribution in [3.8, 4) is 0 Å². The lowest BCUT2D eigenvalue weighted by Gasteiger charge is -2.37. The summed E-state index contributed by atoms with van der Waals surface area (Å²) in [4.78, 5) is 30.7. The van der Waals surface area contributed by atoms with Crippen LogP contribution in [0.15, 0.2) is 78.0 Å². The Balaban J connectivity index is 1.55. The summed E-state index contributed by atoms with van der Waals surface area (Å²) < 4.78 is 28.8.